The van der Waals surface area contributed by atoms with E-state index in [0.717, 1.165) is 25.0 Å². The molecule has 0 aromatic heterocycles. The van der Waals surface area contributed by atoms with Crippen LogP contribution in [0.25, 0.3) is 0 Å². The zero-order valence-corrected chi connectivity index (χ0v) is 26.0. The first-order chi connectivity index (χ1) is 16.9. The van der Waals surface area contributed by atoms with Crippen LogP contribution in [0.15, 0.2) is 58.2 Å². The lowest BCUT2D eigenvalue weighted by molar-refractivity contribution is -0.138. The third-order valence-corrected chi connectivity index (χ3v) is 10.2. The Balaban J connectivity index is 2.93. The van der Waals surface area contributed by atoms with Crippen LogP contribution in [0.2, 0.25) is 0 Å². The highest BCUT2D eigenvalue weighted by Crippen LogP contribution is 2.41. The number of thioether (sulfide) groups is 1. The van der Waals surface area contributed by atoms with Crippen LogP contribution in [-0.2, 0) is 4.79 Å². The molecule has 0 heterocycles. The van der Waals surface area contributed by atoms with E-state index >= 15 is 0 Å². The molecule has 0 saturated carbocycles. The van der Waals surface area contributed by atoms with Crippen LogP contribution in [-0.4, -0.2) is 46.8 Å². The summed E-state index contributed by atoms with van der Waals surface area (Å²) < 4.78 is 0. The van der Waals surface area contributed by atoms with Gasteiger partial charge < -0.3 is 10.8 Å². The molecule has 1 aliphatic carbocycles. The minimum atomic E-state index is -0.798. The molecule has 2 atom stereocenters. The molecular formula is C29H48N2O2S3. The van der Waals surface area contributed by atoms with Gasteiger partial charge in [-0.15, -0.1) is 11.8 Å². The Morgan fingerprint density at radius 2 is 1.83 bits per heavy atom. The van der Waals surface area contributed by atoms with E-state index in [2.05, 4.69) is 84.2 Å². The first-order valence-electron chi connectivity index (χ1n) is 12.8. The minimum Gasteiger partial charge on any atom is -0.480 e. The van der Waals surface area contributed by atoms with Gasteiger partial charge in [-0.3, -0.25) is 10.1 Å². The summed E-state index contributed by atoms with van der Waals surface area (Å²) in [6, 6.07) is -0.576. The van der Waals surface area contributed by atoms with Gasteiger partial charge in [-0.25, -0.2) is 0 Å². The second-order valence-corrected chi connectivity index (χ2v) is 14.1. The third kappa shape index (κ3) is 12.1. The van der Waals surface area contributed by atoms with Crippen molar-refractivity contribution in [3.8, 4) is 0 Å². The summed E-state index contributed by atoms with van der Waals surface area (Å²) in [7, 11) is 3.23. The number of carboxylic acids is 1. The van der Waals surface area contributed by atoms with E-state index in [9.17, 15) is 9.90 Å². The molecule has 1 aliphatic rings. The Labute approximate surface area is 232 Å². The monoisotopic (exact) mass is 552 g/mol. The van der Waals surface area contributed by atoms with Crippen molar-refractivity contribution in [1.82, 2.24) is 5.32 Å². The van der Waals surface area contributed by atoms with Crippen LogP contribution >= 0.6 is 33.3 Å². The first-order valence-corrected chi connectivity index (χ1v) is 16.6. The first kappa shape index (κ1) is 33.2. The van der Waals surface area contributed by atoms with Crippen LogP contribution in [0.5, 0.6) is 0 Å². The molecule has 4 N–H and O–H groups in total. The number of carboxylic acid groups (broad SMARTS) is 1. The summed E-state index contributed by atoms with van der Waals surface area (Å²) in [6.45, 7) is 16.1. The zero-order valence-electron chi connectivity index (χ0n) is 23.5. The van der Waals surface area contributed by atoms with Gasteiger partial charge in [0.05, 0.1) is 5.37 Å². The van der Waals surface area contributed by atoms with Gasteiger partial charge in [0.15, 0.2) is 0 Å². The highest BCUT2D eigenvalue weighted by molar-refractivity contribution is 8.76. The molecular weight excluding hydrogens is 505 g/mol. The number of aliphatic carboxylic acids is 1. The van der Waals surface area contributed by atoms with Gasteiger partial charge in [0.2, 0.25) is 0 Å². The summed E-state index contributed by atoms with van der Waals surface area (Å²) in [4.78, 5) is 11.8. The van der Waals surface area contributed by atoms with E-state index in [-0.39, 0.29) is 10.8 Å². The van der Waals surface area contributed by atoms with E-state index in [1.165, 1.54) is 27.9 Å². The van der Waals surface area contributed by atoms with Crippen molar-refractivity contribution < 1.29 is 9.90 Å². The fourth-order valence-electron chi connectivity index (χ4n) is 3.98. The maximum atomic E-state index is 11.8. The minimum absolute atomic E-state index is 0.0763. The van der Waals surface area contributed by atoms with Gasteiger partial charge in [-0.1, -0.05) is 102 Å². The number of hydrogen-bond donors (Lipinski definition) is 3. The Kier molecular flexibility index (Phi) is 15.5. The van der Waals surface area contributed by atoms with Gasteiger partial charge in [0, 0.05) is 18.1 Å². The van der Waals surface area contributed by atoms with E-state index in [1.54, 1.807) is 33.3 Å². The van der Waals surface area contributed by atoms with Crippen LogP contribution < -0.4 is 11.1 Å². The normalized spacial score (nSPS) is 19.3. The molecule has 0 aliphatic heterocycles. The summed E-state index contributed by atoms with van der Waals surface area (Å²) >= 11 is 1.62. The second-order valence-electron chi connectivity index (χ2n) is 10.5. The van der Waals surface area contributed by atoms with Crippen molar-refractivity contribution >= 4 is 39.3 Å². The second kappa shape index (κ2) is 16.9. The molecule has 0 radical (unpaired) electrons. The highest BCUT2D eigenvalue weighted by Gasteiger charge is 2.29. The van der Waals surface area contributed by atoms with Crippen LogP contribution in [0.4, 0.5) is 0 Å². The van der Waals surface area contributed by atoms with Gasteiger partial charge in [-0.05, 0) is 63.2 Å². The fourth-order valence-corrected chi connectivity index (χ4v) is 7.14. The standard InChI is InChI=1S/C29H48N2O2S3/c1-20(2)23(5)22(4)12-9-11-21(3)14-15-25-24(13-10-16-29(25,6)7)17-31-26(28(32)33)18-35-36-19-27(30)34-8/h9,11-12,14-15,20,26-27,31H,10,13,16-19,30H2,1-8H3,(H,32,33)/b12-9+,15-14+,21-11+,23-22+. The molecule has 0 bridgehead atoms. The van der Waals surface area contributed by atoms with E-state index in [4.69, 9.17) is 5.73 Å². The smallest absolute Gasteiger partial charge is 0.321 e. The molecule has 0 saturated heterocycles. The Morgan fingerprint density at radius 1 is 1.17 bits per heavy atom. The van der Waals surface area contributed by atoms with Crippen molar-refractivity contribution in [2.45, 2.75) is 79.1 Å². The van der Waals surface area contributed by atoms with Gasteiger partial charge in [-0.2, -0.15) is 0 Å². The lowest BCUT2D eigenvalue weighted by Crippen LogP contribution is -2.40. The van der Waals surface area contributed by atoms with E-state index < -0.39 is 12.0 Å². The molecule has 2 unspecified atom stereocenters. The van der Waals surface area contributed by atoms with E-state index in [0.29, 0.717) is 18.2 Å². The molecule has 36 heavy (non-hydrogen) atoms. The summed E-state index contributed by atoms with van der Waals surface area (Å²) in [6.07, 6.45) is 16.2. The quantitative estimate of drug-likeness (QED) is 0.0835. The molecule has 4 nitrogen and oxygen atoms in total. The highest BCUT2D eigenvalue weighted by atomic mass is 33.1. The number of carbonyl (C=O) groups is 1. The molecule has 7 heteroatoms. The van der Waals surface area contributed by atoms with Crippen molar-refractivity contribution in [2.24, 2.45) is 17.1 Å². The maximum absolute atomic E-state index is 11.8. The van der Waals surface area contributed by atoms with Gasteiger partial charge in [0.25, 0.3) is 0 Å². The fraction of sp³-hybridized carbons (Fsp3) is 0.621. The topological polar surface area (TPSA) is 75.3 Å². The Bertz CT molecular complexity index is 870. The van der Waals surface area contributed by atoms with Gasteiger partial charge in [0.1, 0.15) is 6.04 Å². The average Bonchev–Trinajstić information content (AvgIpc) is 2.81. The van der Waals surface area contributed by atoms with Crippen molar-refractivity contribution in [1.29, 1.82) is 0 Å². The zero-order chi connectivity index (χ0) is 27.3. The number of nitrogens with two attached hydrogens (primary N) is 1. The Morgan fingerprint density at radius 3 is 2.44 bits per heavy atom. The molecule has 0 aromatic rings. The predicted octanol–water partition coefficient (Wildman–Crippen LogP) is 7.62. The van der Waals surface area contributed by atoms with Crippen LogP contribution in [0.1, 0.15) is 67.7 Å². The van der Waals surface area contributed by atoms with E-state index in [1.807, 2.05) is 6.26 Å². The number of nitrogens with one attached hydrogen (secondary N) is 1. The lowest BCUT2D eigenvalue weighted by atomic mass is 9.72. The van der Waals surface area contributed by atoms with Crippen LogP contribution in [0.3, 0.4) is 0 Å². The van der Waals surface area contributed by atoms with Crippen molar-refractivity contribution in [3.63, 3.8) is 0 Å². The SMILES string of the molecule is CSC(N)CSSCC(NCC1=C(/C=C/C(C)=C/C=C/C(C)=C(\C)C(C)C)C(C)(C)CCC1)C(=O)O. The molecule has 1 rings (SSSR count). The van der Waals surface area contributed by atoms with Crippen molar-refractivity contribution in [2.75, 3.05) is 24.3 Å². The average molecular weight is 553 g/mol. The Hall–Kier alpha value is -0.860. The summed E-state index contributed by atoms with van der Waals surface area (Å²) in [5.41, 5.74) is 12.6. The molecule has 0 aromatic carbocycles. The molecule has 0 spiro atoms. The molecule has 204 valence electrons. The predicted molar refractivity (Wildman–Crippen MR) is 166 cm³/mol. The van der Waals surface area contributed by atoms with Crippen LogP contribution in [0, 0.1) is 11.3 Å². The number of allylic oxidation sites excluding steroid dienone is 9. The third-order valence-electron chi connectivity index (χ3n) is 6.81. The molecule has 0 fully saturated rings. The maximum Gasteiger partial charge on any atom is 0.321 e. The van der Waals surface area contributed by atoms with Crippen molar-refractivity contribution in [3.05, 3.63) is 58.2 Å². The largest absolute Gasteiger partial charge is 0.480 e. The number of rotatable bonds is 15. The lowest BCUT2D eigenvalue weighted by Gasteiger charge is -2.34. The molecule has 0 amide bonds. The summed E-state index contributed by atoms with van der Waals surface area (Å²) in [5.74, 6) is 1.08. The number of hydrogen-bond acceptors (Lipinski definition) is 6. The van der Waals surface area contributed by atoms with Gasteiger partial charge >= 0.3 is 5.97 Å². The summed E-state index contributed by atoms with van der Waals surface area (Å²) in [5, 5.41) is 13.1.